The van der Waals surface area contributed by atoms with Crippen molar-refractivity contribution in [2.24, 2.45) is 11.8 Å². The number of fused-ring (bicyclic) bond motifs is 5. The Kier molecular flexibility index (Phi) is 4.99. The van der Waals surface area contributed by atoms with E-state index in [0.29, 0.717) is 12.5 Å². The molecule has 1 atom stereocenters. The summed E-state index contributed by atoms with van der Waals surface area (Å²) in [5.41, 5.74) is 4.03. The SMILES string of the molecule is CC(=O)c1cn2c(cc1=O)-c1c(cc(OCCC3CC3)c3c1CC(C)(C)O3)CC2C(C)C. The number of hydrogen-bond acceptors (Lipinski definition) is 4. The zero-order chi connectivity index (χ0) is 22.8. The van der Waals surface area contributed by atoms with Gasteiger partial charge >= 0.3 is 0 Å². The standard InChI is InChI=1S/C27H33NO4/c1-15(2)21-10-18-11-24(31-9-8-17-6-7-17)26-19(13-27(4,5)32-26)25(18)22-12-23(30)20(16(3)29)14-28(21)22/h11-12,14-15,17,21H,6-10,13H2,1-5H3. The molecule has 1 aromatic heterocycles. The fraction of sp³-hybridized carbons (Fsp3) is 0.556. The lowest BCUT2D eigenvalue weighted by molar-refractivity contribution is 0.101. The lowest BCUT2D eigenvalue weighted by Gasteiger charge is -2.34. The Hall–Kier alpha value is -2.56. The van der Waals surface area contributed by atoms with E-state index in [1.165, 1.54) is 25.3 Å². The molecule has 0 radical (unpaired) electrons. The largest absolute Gasteiger partial charge is 0.490 e. The second kappa shape index (κ2) is 7.50. The summed E-state index contributed by atoms with van der Waals surface area (Å²) >= 11 is 0. The first kappa shape index (κ1) is 21.3. The Bertz CT molecular complexity index is 1150. The van der Waals surface area contributed by atoms with Crippen LogP contribution in [0.3, 0.4) is 0 Å². The van der Waals surface area contributed by atoms with Crippen LogP contribution in [0.15, 0.2) is 23.1 Å². The van der Waals surface area contributed by atoms with Gasteiger partial charge < -0.3 is 14.0 Å². The highest BCUT2D eigenvalue weighted by molar-refractivity contribution is 5.94. The number of aromatic nitrogens is 1. The van der Waals surface area contributed by atoms with Crippen LogP contribution in [0.5, 0.6) is 11.5 Å². The molecule has 1 aromatic carbocycles. The molecule has 0 bridgehead atoms. The smallest absolute Gasteiger partial charge is 0.192 e. The molecule has 170 valence electrons. The number of ketones is 1. The first-order valence-electron chi connectivity index (χ1n) is 11.9. The maximum Gasteiger partial charge on any atom is 0.192 e. The molecule has 1 fully saturated rings. The van der Waals surface area contributed by atoms with Crippen LogP contribution in [-0.4, -0.2) is 22.6 Å². The third kappa shape index (κ3) is 3.66. The number of ether oxygens (including phenoxy) is 2. The van der Waals surface area contributed by atoms with Gasteiger partial charge in [0.1, 0.15) is 5.60 Å². The molecule has 32 heavy (non-hydrogen) atoms. The summed E-state index contributed by atoms with van der Waals surface area (Å²) in [7, 11) is 0. The van der Waals surface area contributed by atoms with Crippen molar-refractivity contribution in [2.45, 2.75) is 78.4 Å². The predicted octanol–water partition coefficient (Wildman–Crippen LogP) is 5.36. The second-order valence-electron chi connectivity index (χ2n) is 10.8. The molecular formula is C27H33NO4. The lowest BCUT2D eigenvalue weighted by Crippen LogP contribution is -2.28. The van der Waals surface area contributed by atoms with Gasteiger partial charge in [-0.1, -0.05) is 26.7 Å². The minimum absolute atomic E-state index is 0.170. The molecule has 3 aliphatic rings. The molecule has 3 heterocycles. The molecule has 5 nitrogen and oxygen atoms in total. The van der Waals surface area contributed by atoms with Crippen molar-refractivity contribution in [3.63, 3.8) is 0 Å². The second-order valence-corrected chi connectivity index (χ2v) is 10.8. The van der Waals surface area contributed by atoms with Crippen LogP contribution in [0.1, 0.15) is 81.4 Å². The van der Waals surface area contributed by atoms with Gasteiger partial charge in [-0.25, -0.2) is 0 Å². The van der Waals surface area contributed by atoms with Gasteiger partial charge in [0.05, 0.1) is 17.9 Å². The summed E-state index contributed by atoms with van der Waals surface area (Å²) in [6.07, 6.45) is 7.11. The molecule has 1 saturated carbocycles. The lowest BCUT2D eigenvalue weighted by atomic mass is 9.83. The zero-order valence-electron chi connectivity index (χ0n) is 19.8. The highest BCUT2D eigenvalue weighted by Crippen LogP contribution is 2.51. The van der Waals surface area contributed by atoms with Crippen molar-refractivity contribution >= 4 is 5.78 Å². The first-order chi connectivity index (χ1) is 15.1. The molecule has 5 heteroatoms. The van der Waals surface area contributed by atoms with E-state index in [0.717, 1.165) is 53.5 Å². The van der Waals surface area contributed by atoms with Crippen molar-refractivity contribution < 1.29 is 14.3 Å². The minimum atomic E-state index is -0.328. The Morgan fingerprint density at radius 2 is 2.03 bits per heavy atom. The summed E-state index contributed by atoms with van der Waals surface area (Å²) in [5, 5.41) is 0. The van der Waals surface area contributed by atoms with Gasteiger partial charge in [-0.2, -0.15) is 0 Å². The van der Waals surface area contributed by atoms with Gasteiger partial charge in [-0.15, -0.1) is 0 Å². The number of benzene rings is 1. The Morgan fingerprint density at radius 1 is 1.28 bits per heavy atom. The van der Waals surface area contributed by atoms with E-state index in [-0.39, 0.29) is 28.4 Å². The van der Waals surface area contributed by atoms with Crippen molar-refractivity contribution in [3.8, 4) is 22.8 Å². The highest BCUT2D eigenvalue weighted by atomic mass is 16.5. The third-order valence-electron chi connectivity index (χ3n) is 7.16. The van der Waals surface area contributed by atoms with E-state index in [4.69, 9.17) is 9.47 Å². The number of carbonyl (C=O) groups excluding carboxylic acids is 1. The molecule has 1 aliphatic carbocycles. The maximum absolute atomic E-state index is 12.8. The average molecular weight is 436 g/mol. The number of pyridine rings is 1. The van der Waals surface area contributed by atoms with Crippen LogP contribution < -0.4 is 14.9 Å². The van der Waals surface area contributed by atoms with Crippen molar-refractivity contribution in [1.82, 2.24) is 4.57 Å². The number of rotatable bonds is 6. The minimum Gasteiger partial charge on any atom is -0.490 e. The van der Waals surface area contributed by atoms with Gasteiger partial charge in [0.2, 0.25) is 0 Å². The number of nitrogens with zero attached hydrogens (tertiary/aromatic N) is 1. The highest BCUT2D eigenvalue weighted by Gasteiger charge is 2.39. The van der Waals surface area contributed by atoms with Gasteiger partial charge in [0.15, 0.2) is 22.7 Å². The van der Waals surface area contributed by atoms with Crippen LogP contribution in [0, 0.1) is 11.8 Å². The molecule has 0 amide bonds. The van der Waals surface area contributed by atoms with E-state index < -0.39 is 0 Å². The first-order valence-corrected chi connectivity index (χ1v) is 11.9. The summed E-state index contributed by atoms with van der Waals surface area (Å²) < 4.78 is 14.8. The molecule has 1 unspecified atom stereocenters. The van der Waals surface area contributed by atoms with Gasteiger partial charge in [0, 0.05) is 35.9 Å². The molecular weight excluding hydrogens is 402 g/mol. The maximum atomic E-state index is 12.8. The average Bonchev–Trinajstić information content (AvgIpc) is 3.46. The van der Waals surface area contributed by atoms with Gasteiger partial charge in [-0.3, -0.25) is 9.59 Å². The summed E-state index contributed by atoms with van der Waals surface area (Å²) in [5.74, 6) is 2.64. The molecule has 0 spiro atoms. The van der Waals surface area contributed by atoms with Gasteiger partial charge in [-0.05, 0) is 57.1 Å². The van der Waals surface area contributed by atoms with E-state index in [2.05, 4.69) is 38.3 Å². The number of carbonyl (C=O) groups is 1. The van der Waals surface area contributed by atoms with Crippen molar-refractivity contribution in [2.75, 3.05) is 6.61 Å². The normalized spacial score (nSPS) is 20.4. The zero-order valence-corrected chi connectivity index (χ0v) is 19.8. The van der Waals surface area contributed by atoms with Crippen molar-refractivity contribution in [1.29, 1.82) is 0 Å². The van der Waals surface area contributed by atoms with Crippen LogP contribution in [0.4, 0.5) is 0 Å². The topological polar surface area (TPSA) is 57.5 Å². The number of hydrogen-bond donors (Lipinski definition) is 0. The van der Waals surface area contributed by atoms with Crippen LogP contribution in [0.2, 0.25) is 0 Å². The molecule has 2 aliphatic heterocycles. The monoisotopic (exact) mass is 435 g/mol. The third-order valence-corrected chi connectivity index (χ3v) is 7.16. The van der Waals surface area contributed by atoms with Crippen LogP contribution in [0.25, 0.3) is 11.3 Å². The summed E-state index contributed by atoms with van der Waals surface area (Å²) in [6, 6.07) is 3.97. The summed E-state index contributed by atoms with van der Waals surface area (Å²) in [4.78, 5) is 24.9. The fourth-order valence-corrected chi connectivity index (χ4v) is 5.27. The summed E-state index contributed by atoms with van der Waals surface area (Å²) in [6.45, 7) is 10.8. The number of Topliss-reactive ketones (excluding diaryl/α,β-unsaturated/α-hetero) is 1. The van der Waals surface area contributed by atoms with Crippen LogP contribution in [-0.2, 0) is 12.8 Å². The van der Waals surface area contributed by atoms with Crippen LogP contribution >= 0.6 is 0 Å². The fourth-order valence-electron chi connectivity index (χ4n) is 5.27. The molecule has 0 N–H and O–H groups in total. The van der Waals surface area contributed by atoms with E-state index in [1.807, 2.05) is 0 Å². The molecule has 5 rings (SSSR count). The molecule has 2 aromatic rings. The Morgan fingerprint density at radius 3 is 2.69 bits per heavy atom. The van der Waals surface area contributed by atoms with E-state index in [1.54, 1.807) is 12.3 Å². The Balaban J connectivity index is 1.67. The predicted molar refractivity (Wildman–Crippen MR) is 125 cm³/mol. The molecule has 0 saturated heterocycles. The Labute approximate surface area is 189 Å². The van der Waals surface area contributed by atoms with E-state index in [9.17, 15) is 9.59 Å². The quantitative estimate of drug-likeness (QED) is 0.573. The van der Waals surface area contributed by atoms with E-state index >= 15 is 0 Å². The van der Waals surface area contributed by atoms with Gasteiger partial charge in [0.25, 0.3) is 0 Å². The van der Waals surface area contributed by atoms with Crippen molar-refractivity contribution in [3.05, 3.63) is 45.2 Å².